The molecule has 176 valence electrons. The van der Waals surface area contributed by atoms with Gasteiger partial charge in [0.15, 0.2) is 17.4 Å². The highest BCUT2D eigenvalue weighted by Crippen LogP contribution is 2.46. The van der Waals surface area contributed by atoms with E-state index in [1.54, 1.807) is 0 Å². The molecule has 2 aliphatic rings. The lowest BCUT2D eigenvalue weighted by atomic mass is 9.65. The van der Waals surface area contributed by atoms with Crippen LogP contribution < -0.4 is 4.74 Å². The second kappa shape index (κ2) is 10.6. The van der Waals surface area contributed by atoms with Crippen molar-refractivity contribution < 1.29 is 27.0 Å². The number of halogens is 4. The summed E-state index contributed by atoms with van der Waals surface area (Å²) in [6, 6.07) is 9.79. The number of ether oxygens (including phenoxy) is 2. The second-order valence-corrected chi connectivity index (χ2v) is 8.94. The first-order valence-corrected chi connectivity index (χ1v) is 11.6. The quantitative estimate of drug-likeness (QED) is 0.351. The monoisotopic (exact) mass is 460 g/mol. The molecule has 33 heavy (non-hydrogen) atoms. The van der Waals surface area contributed by atoms with Crippen molar-refractivity contribution in [3.63, 3.8) is 0 Å². The van der Waals surface area contributed by atoms with E-state index in [9.17, 15) is 17.6 Å². The normalized spacial score (nSPS) is 24.7. The molecule has 0 saturated heterocycles. The zero-order chi connectivity index (χ0) is 23.4. The second-order valence-electron chi connectivity index (χ2n) is 8.94. The first kappa shape index (κ1) is 23.6. The summed E-state index contributed by atoms with van der Waals surface area (Å²) < 4.78 is 62.0. The summed E-state index contributed by atoms with van der Waals surface area (Å²) in [5.41, 5.74) is 2.08. The Balaban J connectivity index is 1.39. The molecule has 4 unspecified atom stereocenters. The number of fused-ring (bicyclic) bond motifs is 1. The molecular weight excluding hydrogens is 432 g/mol. The summed E-state index contributed by atoms with van der Waals surface area (Å²) >= 11 is 0. The highest BCUT2D eigenvalue weighted by Gasteiger charge is 2.36. The van der Waals surface area contributed by atoms with Crippen LogP contribution in [0.5, 0.6) is 5.75 Å². The summed E-state index contributed by atoms with van der Waals surface area (Å²) in [7, 11) is 0. The minimum absolute atomic E-state index is 0.0525. The molecule has 6 heteroatoms. The molecule has 4 atom stereocenters. The molecule has 0 N–H and O–H groups in total. The number of hydrogen-bond acceptors (Lipinski definition) is 2. The maximum Gasteiger partial charge on any atom is 0.387 e. The standard InChI is InChI=1S/C27H28F4O2/c1-2-32-23-12-11-21-15-20(9-10-22(21)16-23)19-7-5-17(6-8-19)3-4-18-13-24(28)26(25(29)14-18)33-27(30)31/h5-8,13-14,20-23,27H,2,9-12,15-16H2,1H3. The van der Waals surface area contributed by atoms with Crippen LogP contribution >= 0.6 is 0 Å². The summed E-state index contributed by atoms with van der Waals surface area (Å²) in [4.78, 5) is 0. The van der Waals surface area contributed by atoms with Crippen LogP contribution in [-0.4, -0.2) is 19.3 Å². The summed E-state index contributed by atoms with van der Waals surface area (Å²) in [6.07, 6.45) is 7.65. The molecule has 0 amide bonds. The molecule has 2 aromatic carbocycles. The van der Waals surface area contributed by atoms with Gasteiger partial charge in [0, 0.05) is 17.7 Å². The van der Waals surface area contributed by atoms with Crippen LogP contribution in [0.3, 0.4) is 0 Å². The molecule has 0 aromatic heterocycles. The SMILES string of the molecule is CCOC1CCC2CC(c3ccc(C#Cc4cc(F)c(OC(F)F)c(F)c4)cc3)CCC2C1. The number of benzene rings is 2. The van der Waals surface area contributed by atoms with Gasteiger partial charge in [0.2, 0.25) is 0 Å². The van der Waals surface area contributed by atoms with Crippen molar-refractivity contribution >= 4 is 0 Å². The van der Waals surface area contributed by atoms with E-state index in [-0.39, 0.29) is 5.56 Å². The largest absolute Gasteiger partial charge is 0.429 e. The van der Waals surface area contributed by atoms with Gasteiger partial charge < -0.3 is 9.47 Å². The Labute approximate surface area is 192 Å². The van der Waals surface area contributed by atoms with Gasteiger partial charge in [-0.2, -0.15) is 8.78 Å². The van der Waals surface area contributed by atoms with Crippen LogP contribution in [0.2, 0.25) is 0 Å². The van der Waals surface area contributed by atoms with Gasteiger partial charge in [-0.25, -0.2) is 8.78 Å². The zero-order valence-electron chi connectivity index (χ0n) is 18.6. The molecule has 4 rings (SSSR count). The van der Waals surface area contributed by atoms with Crippen molar-refractivity contribution in [2.24, 2.45) is 11.8 Å². The highest BCUT2D eigenvalue weighted by atomic mass is 19.3. The predicted molar refractivity (Wildman–Crippen MR) is 118 cm³/mol. The molecule has 2 fully saturated rings. The topological polar surface area (TPSA) is 18.5 Å². The Bertz CT molecular complexity index is 986. The lowest BCUT2D eigenvalue weighted by Crippen LogP contribution is -2.33. The average Bonchev–Trinajstić information content (AvgIpc) is 2.80. The van der Waals surface area contributed by atoms with Gasteiger partial charge in [0.05, 0.1) is 6.10 Å². The summed E-state index contributed by atoms with van der Waals surface area (Å²) in [5.74, 6) is 4.14. The maximum atomic E-state index is 13.9. The van der Waals surface area contributed by atoms with Gasteiger partial charge in [0.25, 0.3) is 0 Å². The first-order valence-electron chi connectivity index (χ1n) is 11.6. The molecule has 2 aliphatic carbocycles. The van der Waals surface area contributed by atoms with Gasteiger partial charge in [-0.05, 0) is 93.0 Å². The summed E-state index contributed by atoms with van der Waals surface area (Å²) in [5, 5.41) is 0. The van der Waals surface area contributed by atoms with Crippen LogP contribution in [-0.2, 0) is 4.74 Å². The molecular formula is C27H28F4O2. The van der Waals surface area contributed by atoms with Crippen molar-refractivity contribution in [2.45, 2.75) is 64.1 Å². The van der Waals surface area contributed by atoms with Gasteiger partial charge in [-0.15, -0.1) is 0 Å². The van der Waals surface area contributed by atoms with Gasteiger partial charge >= 0.3 is 6.61 Å². The molecule has 0 heterocycles. The Kier molecular flexibility index (Phi) is 7.60. The third-order valence-corrected chi connectivity index (χ3v) is 6.91. The van der Waals surface area contributed by atoms with E-state index in [1.807, 2.05) is 12.1 Å². The Hall–Kier alpha value is -2.52. The minimum Gasteiger partial charge on any atom is -0.429 e. The van der Waals surface area contributed by atoms with Crippen molar-refractivity contribution in [1.29, 1.82) is 0 Å². The first-order chi connectivity index (χ1) is 15.9. The maximum absolute atomic E-state index is 13.9. The average molecular weight is 461 g/mol. The fourth-order valence-corrected chi connectivity index (χ4v) is 5.35. The Morgan fingerprint density at radius 1 is 0.879 bits per heavy atom. The van der Waals surface area contributed by atoms with E-state index in [4.69, 9.17) is 4.74 Å². The third-order valence-electron chi connectivity index (χ3n) is 6.91. The van der Waals surface area contributed by atoms with E-state index >= 15 is 0 Å². The minimum atomic E-state index is -3.30. The highest BCUT2D eigenvalue weighted by molar-refractivity contribution is 5.46. The van der Waals surface area contributed by atoms with E-state index in [0.29, 0.717) is 12.0 Å². The van der Waals surface area contributed by atoms with Crippen LogP contribution in [0.1, 0.15) is 68.1 Å². The van der Waals surface area contributed by atoms with Gasteiger partial charge in [-0.1, -0.05) is 24.0 Å². The smallest absolute Gasteiger partial charge is 0.387 e. The van der Waals surface area contributed by atoms with Crippen LogP contribution in [0.4, 0.5) is 17.6 Å². The molecule has 0 radical (unpaired) electrons. The van der Waals surface area contributed by atoms with E-state index < -0.39 is 24.0 Å². The molecule has 0 spiro atoms. The molecule has 2 saturated carbocycles. The number of alkyl halides is 2. The van der Waals surface area contributed by atoms with Gasteiger partial charge in [-0.3, -0.25) is 0 Å². The van der Waals surface area contributed by atoms with Crippen LogP contribution in [0, 0.1) is 35.3 Å². The lowest BCUT2D eigenvalue weighted by Gasteiger charge is -2.42. The van der Waals surface area contributed by atoms with Crippen LogP contribution in [0.25, 0.3) is 0 Å². The fraction of sp³-hybridized carbons (Fsp3) is 0.481. The fourth-order valence-electron chi connectivity index (χ4n) is 5.35. The lowest BCUT2D eigenvalue weighted by molar-refractivity contribution is -0.0546. The zero-order valence-corrected chi connectivity index (χ0v) is 18.6. The van der Waals surface area contributed by atoms with E-state index in [2.05, 4.69) is 35.6 Å². The van der Waals surface area contributed by atoms with Crippen LogP contribution in [0.15, 0.2) is 36.4 Å². The van der Waals surface area contributed by atoms with E-state index in [1.165, 1.54) is 37.7 Å². The molecule has 0 aliphatic heterocycles. The van der Waals surface area contributed by atoms with Gasteiger partial charge in [0.1, 0.15) is 0 Å². The number of rotatable bonds is 5. The van der Waals surface area contributed by atoms with Crippen molar-refractivity contribution in [1.82, 2.24) is 0 Å². The third kappa shape index (κ3) is 5.89. The Morgan fingerprint density at radius 3 is 2.18 bits per heavy atom. The van der Waals surface area contributed by atoms with Crippen molar-refractivity contribution in [3.05, 3.63) is 64.7 Å². The molecule has 2 aromatic rings. The Morgan fingerprint density at radius 2 is 1.52 bits per heavy atom. The van der Waals surface area contributed by atoms with Crippen molar-refractivity contribution in [3.8, 4) is 17.6 Å². The molecule has 2 nitrogen and oxygen atoms in total. The predicted octanol–water partition coefficient (Wildman–Crippen LogP) is 7.05. The summed E-state index contributed by atoms with van der Waals surface area (Å²) in [6.45, 7) is -0.443. The van der Waals surface area contributed by atoms with Crippen molar-refractivity contribution in [2.75, 3.05) is 6.61 Å². The van der Waals surface area contributed by atoms with E-state index in [0.717, 1.165) is 42.6 Å². The number of hydrogen-bond donors (Lipinski definition) is 0. The molecule has 0 bridgehead atoms.